The molecule has 2 N–H and O–H groups in total. The summed E-state index contributed by atoms with van der Waals surface area (Å²) in [7, 11) is 0. The van der Waals surface area contributed by atoms with Crippen LogP contribution in [0.15, 0.2) is 78.9 Å². The van der Waals surface area contributed by atoms with Crippen molar-refractivity contribution in [1.82, 2.24) is 5.32 Å². The van der Waals surface area contributed by atoms with Crippen molar-refractivity contribution in [1.29, 1.82) is 0 Å². The molecule has 3 aromatic rings. The molecular weight excluding hydrogens is 395 g/mol. The van der Waals surface area contributed by atoms with Crippen molar-refractivity contribution in [3.63, 3.8) is 0 Å². The molecule has 0 atom stereocenters. The Hall–Kier alpha value is -3.67. The number of halogens is 1. The third-order valence-corrected chi connectivity index (χ3v) is 4.70. The molecule has 6 heteroatoms. The highest BCUT2D eigenvalue weighted by Crippen LogP contribution is 2.22. The zero-order valence-corrected chi connectivity index (χ0v) is 17.5. The highest BCUT2D eigenvalue weighted by molar-refractivity contribution is 6.05. The normalized spacial score (nSPS) is 10.9. The monoisotopic (exact) mass is 420 g/mol. The van der Waals surface area contributed by atoms with E-state index >= 15 is 0 Å². The third kappa shape index (κ3) is 6.15. The van der Waals surface area contributed by atoms with E-state index in [4.69, 9.17) is 4.74 Å². The molecule has 0 saturated heterocycles. The lowest BCUT2D eigenvalue weighted by Crippen LogP contribution is -2.43. The molecule has 0 spiro atoms. The average molecular weight is 420 g/mol. The molecule has 0 radical (unpaired) electrons. The van der Waals surface area contributed by atoms with E-state index in [0.717, 1.165) is 5.56 Å². The maximum absolute atomic E-state index is 13.1. The fourth-order valence-corrected chi connectivity index (χ4v) is 2.97. The second-order valence-corrected chi connectivity index (χ2v) is 7.56. The quantitative estimate of drug-likeness (QED) is 0.560. The number of benzene rings is 3. The van der Waals surface area contributed by atoms with Crippen molar-refractivity contribution >= 4 is 17.5 Å². The molecule has 0 fully saturated rings. The summed E-state index contributed by atoms with van der Waals surface area (Å²) in [6.45, 7) is 3.69. The van der Waals surface area contributed by atoms with Gasteiger partial charge in [-0.15, -0.1) is 0 Å². The van der Waals surface area contributed by atoms with E-state index in [-0.39, 0.29) is 11.7 Å². The molecule has 0 aromatic heterocycles. The van der Waals surface area contributed by atoms with Gasteiger partial charge in [-0.2, -0.15) is 0 Å². The summed E-state index contributed by atoms with van der Waals surface area (Å²) in [6.07, 6.45) is 0.708. The summed E-state index contributed by atoms with van der Waals surface area (Å²) < 4.78 is 18.8. The summed E-state index contributed by atoms with van der Waals surface area (Å²) in [6, 6.07) is 22.1. The number of hydrogen-bond donors (Lipinski definition) is 2. The zero-order valence-electron chi connectivity index (χ0n) is 17.5. The molecule has 160 valence electrons. The number of amides is 2. The molecule has 5 nitrogen and oxygen atoms in total. The van der Waals surface area contributed by atoms with E-state index in [2.05, 4.69) is 10.6 Å². The molecule has 0 heterocycles. The molecule has 3 aromatic carbocycles. The van der Waals surface area contributed by atoms with Gasteiger partial charge in [0, 0.05) is 6.54 Å². The van der Waals surface area contributed by atoms with Crippen molar-refractivity contribution in [3.05, 3.63) is 95.8 Å². The van der Waals surface area contributed by atoms with Crippen molar-refractivity contribution in [2.45, 2.75) is 25.9 Å². The number of carbonyl (C=O) groups excluding carboxylic acids is 2. The Labute approximate surface area is 181 Å². The lowest BCUT2D eigenvalue weighted by Gasteiger charge is -2.25. The fraction of sp³-hybridized carbons (Fsp3) is 0.200. The van der Waals surface area contributed by atoms with E-state index in [1.165, 1.54) is 24.3 Å². The number of anilines is 1. The predicted molar refractivity (Wildman–Crippen MR) is 119 cm³/mol. The minimum absolute atomic E-state index is 0.274. The Morgan fingerprint density at radius 2 is 1.55 bits per heavy atom. The first kappa shape index (κ1) is 22.0. The Balaban J connectivity index is 1.64. The Morgan fingerprint density at radius 3 is 2.26 bits per heavy atom. The first-order chi connectivity index (χ1) is 14.8. The summed E-state index contributed by atoms with van der Waals surface area (Å²) in [4.78, 5) is 25.5. The lowest BCUT2D eigenvalue weighted by molar-refractivity contribution is -0.128. The van der Waals surface area contributed by atoms with Crippen LogP contribution in [0.25, 0.3) is 0 Å². The minimum Gasteiger partial charge on any atom is -0.478 e. The molecule has 0 aliphatic rings. The molecule has 0 unspecified atom stereocenters. The minimum atomic E-state index is -1.24. The van der Waals surface area contributed by atoms with Crippen molar-refractivity contribution in [2.75, 3.05) is 11.9 Å². The largest absolute Gasteiger partial charge is 0.478 e. The number of para-hydroxylation sites is 1. The van der Waals surface area contributed by atoms with Crippen LogP contribution in [0.2, 0.25) is 0 Å². The third-order valence-electron chi connectivity index (χ3n) is 4.70. The van der Waals surface area contributed by atoms with E-state index in [1.54, 1.807) is 38.1 Å². The molecule has 3 rings (SSSR count). The molecule has 0 aliphatic heterocycles. The topological polar surface area (TPSA) is 67.4 Å². The molecular formula is C25H25FN2O3. The fourth-order valence-electron chi connectivity index (χ4n) is 2.97. The van der Waals surface area contributed by atoms with E-state index in [0.29, 0.717) is 30.0 Å². The van der Waals surface area contributed by atoms with Gasteiger partial charge in [-0.1, -0.05) is 42.5 Å². The molecule has 2 amide bonds. The highest BCUT2D eigenvalue weighted by atomic mass is 19.1. The van der Waals surface area contributed by atoms with E-state index < -0.39 is 11.5 Å². The maximum Gasteiger partial charge on any atom is 0.267 e. The Kier molecular flexibility index (Phi) is 7.03. The van der Waals surface area contributed by atoms with E-state index in [1.807, 2.05) is 30.3 Å². The summed E-state index contributed by atoms with van der Waals surface area (Å²) in [5, 5.41) is 5.66. The smallest absolute Gasteiger partial charge is 0.267 e. The summed E-state index contributed by atoms with van der Waals surface area (Å²) >= 11 is 0. The molecule has 0 bridgehead atoms. The van der Waals surface area contributed by atoms with Crippen LogP contribution in [0.4, 0.5) is 10.1 Å². The van der Waals surface area contributed by atoms with Crippen molar-refractivity contribution in [2.24, 2.45) is 0 Å². The van der Waals surface area contributed by atoms with Crippen LogP contribution in [0.1, 0.15) is 29.8 Å². The van der Waals surface area contributed by atoms with Gasteiger partial charge in [-0.3, -0.25) is 9.59 Å². The predicted octanol–water partition coefficient (Wildman–Crippen LogP) is 4.59. The van der Waals surface area contributed by atoms with Crippen molar-refractivity contribution in [3.8, 4) is 5.75 Å². The van der Waals surface area contributed by atoms with Crippen molar-refractivity contribution < 1.29 is 18.7 Å². The van der Waals surface area contributed by atoms with Gasteiger partial charge in [0.2, 0.25) is 0 Å². The van der Waals surface area contributed by atoms with Gasteiger partial charge < -0.3 is 15.4 Å². The van der Waals surface area contributed by atoms with Gasteiger partial charge in [0.05, 0.1) is 11.3 Å². The summed E-state index contributed by atoms with van der Waals surface area (Å²) in [5.74, 6) is -0.722. The Morgan fingerprint density at radius 1 is 0.903 bits per heavy atom. The molecule has 0 saturated carbocycles. The maximum atomic E-state index is 13.1. The first-order valence-electron chi connectivity index (χ1n) is 10.0. The number of rotatable bonds is 8. The molecule has 31 heavy (non-hydrogen) atoms. The zero-order chi connectivity index (χ0) is 22.3. The van der Waals surface area contributed by atoms with Crippen LogP contribution in [-0.4, -0.2) is 24.0 Å². The van der Waals surface area contributed by atoms with Gasteiger partial charge >= 0.3 is 0 Å². The van der Waals surface area contributed by atoms with Crippen LogP contribution in [0.5, 0.6) is 5.75 Å². The highest BCUT2D eigenvalue weighted by Gasteiger charge is 2.31. The Bertz CT molecular complexity index is 1030. The summed E-state index contributed by atoms with van der Waals surface area (Å²) in [5.41, 5.74) is 0.639. The second kappa shape index (κ2) is 9.89. The van der Waals surface area contributed by atoms with Crippen LogP contribution >= 0.6 is 0 Å². The van der Waals surface area contributed by atoms with Crippen LogP contribution in [0, 0.1) is 5.82 Å². The molecule has 0 aliphatic carbocycles. The van der Waals surface area contributed by atoms with E-state index in [9.17, 15) is 14.0 Å². The number of ether oxygens (including phenoxy) is 1. The first-order valence-corrected chi connectivity index (χ1v) is 10.0. The van der Waals surface area contributed by atoms with Crippen LogP contribution < -0.4 is 15.4 Å². The van der Waals surface area contributed by atoms with Crippen LogP contribution in [-0.2, 0) is 11.2 Å². The standard InChI is InChI=1S/C25H25FN2O3/c1-25(2,31-20-14-12-19(26)13-15-20)24(30)28-22-11-7-6-10-21(22)23(29)27-17-16-18-8-4-3-5-9-18/h3-15H,16-17H2,1-2H3,(H,27,29)(H,28,30). The number of hydrogen-bond acceptors (Lipinski definition) is 3. The SMILES string of the molecule is CC(C)(Oc1ccc(F)cc1)C(=O)Nc1ccccc1C(=O)NCCc1ccccc1. The van der Waals surface area contributed by atoms with Crippen LogP contribution in [0.3, 0.4) is 0 Å². The number of carbonyl (C=O) groups is 2. The average Bonchev–Trinajstić information content (AvgIpc) is 2.76. The van der Waals surface area contributed by atoms with Gasteiger partial charge in [0.25, 0.3) is 11.8 Å². The lowest BCUT2D eigenvalue weighted by atomic mass is 10.1. The van der Waals surface area contributed by atoms with Gasteiger partial charge in [-0.25, -0.2) is 4.39 Å². The van der Waals surface area contributed by atoms with Gasteiger partial charge in [0.15, 0.2) is 5.60 Å². The van der Waals surface area contributed by atoms with Gasteiger partial charge in [0.1, 0.15) is 11.6 Å². The number of nitrogens with one attached hydrogen (secondary N) is 2. The second-order valence-electron chi connectivity index (χ2n) is 7.56. The van der Waals surface area contributed by atoms with Gasteiger partial charge in [-0.05, 0) is 62.2 Å².